The molecule has 0 bridgehead atoms. The fourth-order valence-electron chi connectivity index (χ4n) is 2.01. The van der Waals surface area contributed by atoms with Crippen molar-refractivity contribution in [3.8, 4) is 0 Å². The Morgan fingerprint density at radius 1 is 1.47 bits per heavy atom. The highest BCUT2D eigenvalue weighted by Gasteiger charge is 2.13. The maximum Gasteiger partial charge on any atom is 0.118 e. The van der Waals surface area contributed by atoms with Crippen LogP contribution in [0.15, 0.2) is 10.5 Å². The van der Waals surface area contributed by atoms with Gasteiger partial charge in [-0.15, -0.1) is 0 Å². The van der Waals surface area contributed by atoms with E-state index in [1.165, 1.54) is 17.7 Å². The second-order valence-corrected chi connectivity index (χ2v) is 6.11. The highest BCUT2D eigenvalue weighted by molar-refractivity contribution is 7.98. The molecule has 0 saturated heterocycles. The molecule has 0 aromatic carbocycles. The average molecular weight is 284 g/mol. The van der Waals surface area contributed by atoms with Crippen molar-refractivity contribution in [1.29, 1.82) is 0 Å². The van der Waals surface area contributed by atoms with Crippen LogP contribution in [0.2, 0.25) is 0 Å². The minimum atomic E-state index is 0.593. The van der Waals surface area contributed by atoms with E-state index in [0.717, 1.165) is 31.2 Å². The third kappa shape index (κ3) is 5.59. The van der Waals surface area contributed by atoms with Crippen molar-refractivity contribution < 1.29 is 4.42 Å². The zero-order chi connectivity index (χ0) is 14.3. The first-order valence-electron chi connectivity index (χ1n) is 7.06. The Bertz CT molecular complexity index is 365. The molecule has 3 nitrogen and oxygen atoms in total. The molecule has 0 amide bonds. The van der Waals surface area contributed by atoms with E-state index in [2.05, 4.69) is 43.4 Å². The molecule has 1 aromatic heterocycles. The van der Waals surface area contributed by atoms with Gasteiger partial charge in [0.25, 0.3) is 0 Å². The minimum absolute atomic E-state index is 0.593. The predicted molar refractivity (Wildman–Crippen MR) is 84.8 cm³/mol. The molecule has 0 radical (unpaired) electrons. The first-order chi connectivity index (χ1) is 9.08. The van der Waals surface area contributed by atoms with Gasteiger partial charge in [0.05, 0.1) is 6.54 Å². The summed E-state index contributed by atoms with van der Waals surface area (Å²) in [5, 5.41) is 3.35. The van der Waals surface area contributed by atoms with Crippen LogP contribution in [0.25, 0.3) is 0 Å². The van der Waals surface area contributed by atoms with Gasteiger partial charge in [0, 0.05) is 18.2 Å². The lowest BCUT2D eigenvalue weighted by molar-refractivity contribution is 0.225. The van der Waals surface area contributed by atoms with E-state index in [-0.39, 0.29) is 0 Å². The molecule has 1 aromatic rings. The monoisotopic (exact) mass is 284 g/mol. The van der Waals surface area contributed by atoms with E-state index < -0.39 is 0 Å². The summed E-state index contributed by atoms with van der Waals surface area (Å²) >= 11 is 1.91. The Labute approximate surface area is 122 Å². The summed E-state index contributed by atoms with van der Waals surface area (Å²) in [6.45, 7) is 9.24. The van der Waals surface area contributed by atoms with Crippen LogP contribution in [0.1, 0.15) is 37.4 Å². The maximum atomic E-state index is 5.85. The van der Waals surface area contributed by atoms with Crippen molar-refractivity contribution in [3.05, 3.63) is 23.2 Å². The van der Waals surface area contributed by atoms with Crippen molar-refractivity contribution >= 4 is 11.8 Å². The maximum absolute atomic E-state index is 5.85. The molecule has 0 aliphatic rings. The molecule has 110 valence electrons. The summed E-state index contributed by atoms with van der Waals surface area (Å²) in [6.07, 6.45) is 3.39. The molecule has 1 unspecified atom stereocenters. The lowest BCUT2D eigenvalue weighted by atomic mass is 10.2. The molecule has 1 atom stereocenters. The molecule has 0 spiro atoms. The van der Waals surface area contributed by atoms with E-state index >= 15 is 0 Å². The first kappa shape index (κ1) is 16.6. The van der Waals surface area contributed by atoms with Crippen molar-refractivity contribution in [1.82, 2.24) is 10.2 Å². The zero-order valence-corrected chi connectivity index (χ0v) is 13.8. The molecular formula is C15H28N2OS. The number of nitrogens with one attached hydrogen (secondary N) is 1. The van der Waals surface area contributed by atoms with Crippen LogP contribution in [0.3, 0.4) is 0 Å². The third-order valence-electron chi connectivity index (χ3n) is 3.53. The Hall–Kier alpha value is -0.450. The number of aryl methyl sites for hydroxylation is 1. The normalized spacial score (nSPS) is 13.2. The van der Waals surface area contributed by atoms with Crippen LogP contribution < -0.4 is 5.32 Å². The molecular weight excluding hydrogens is 256 g/mol. The summed E-state index contributed by atoms with van der Waals surface area (Å²) < 4.78 is 5.85. The van der Waals surface area contributed by atoms with Gasteiger partial charge in [0.2, 0.25) is 0 Å². The van der Waals surface area contributed by atoms with E-state index in [1.807, 2.05) is 18.7 Å². The summed E-state index contributed by atoms with van der Waals surface area (Å²) in [4.78, 5) is 2.37. The Morgan fingerprint density at radius 2 is 2.21 bits per heavy atom. The lowest BCUT2D eigenvalue weighted by Gasteiger charge is -2.23. The van der Waals surface area contributed by atoms with Crippen LogP contribution in [0.5, 0.6) is 0 Å². The van der Waals surface area contributed by atoms with Gasteiger partial charge in [-0.2, -0.15) is 11.8 Å². The molecule has 0 aliphatic carbocycles. The van der Waals surface area contributed by atoms with Gasteiger partial charge >= 0.3 is 0 Å². The van der Waals surface area contributed by atoms with Gasteiger partial charge in [-0.1, -0.05) is 6.92 Å². The third-order valence-corrected chi connectivity index (χ3v) is 4.18. The second kappa shape index (κ2) is 8.67. The van der Waals surface area contributed by atoms with Crippen molar-refractivity contribution in [2.24, 2.45) is 0 Å². The van der Waals surface area contributed by atoms with Crippen LogP contribution in [0.4, 0.5) is 0 Å². The summed E-state index contributed by atoms with van der Waals surface area (Å²) in [5.74, 6) is 3.33. The van der Waals surface area contributed by atoms with Gasteiger partial charge < -0.3 is 9.73 Å². The van der Waals surface area contributed by atoms with E-state index in [9.17, 15) is 0 Å². The van der Waals surface area contributed by atoms with Crippen LogP contribution in [0, 0.1) is 6.92 Å². The molecule has 1 heterocycles. The summed E-state index contributed by atoms with van der Waals surface area (Å²) in [5.41, 5.74) is 1.28. The number of nitrogens with zero attached hydrogens (tertiary/aromatic N) is 1. The minimum Gasteiger partial charge on any atom is -0.465 e. The molecule has 0 saturated carbocycles. The number of furan rings is 1. The topological polar surface area (TPSA) is 28.4 Å². The van der Waals surface area contributed by atoms with Gasteiger partial charge in [0.15, 0.2) is 0 Å². The second-order valence-electron chi connectivity index (χ2n) is 5.12. The Balaban J connectivity index is 2.51. The van der Waals surface area contributed by atoms with Gasteiger partial charge in [-0.25, -0.2) is 0 Å². The highest BCUT2D eigenvalue weighted by Crippen LogP contribution is 2.17. The molecule has 19 heavy (non-hydrogen) atoms. The van der Waals surface area contributed by atoms with Crippen molar-refractivity contribution in [2.75, 3.05) is 25.6 Å². The molecule has 0 fully saturated rings. The van der Waals surface area contributed by atoms with Crippen molar-refractivity contribution in [3.63, 3.8) is 0 Å². The fraction of sp³-hybridized carbons (Fsp3) is 0.733. The van der Waals surface area contributed by atoms with Gasteiger partial charge in [-0.05, 0) is 51.9 Å². The Kier molecular flexibility index (Phi) is 7.57. The van der Waals surface area contributed by atoms with Crippen molar-refractivity contribution in [2.45, 2.75) is 46.3 Å². The lowest BCUT2D eigenvalue weighted by Crippen LogP contribution is -2.28. The summed E-state index contributed by atoms with van der Waals surface area (Å²) in [7, 11) is 2.17. The van der Waals surface area contributed by atoms with E-state index in [4.69, 9.17) is 4.42 Å². The first-order valence-corrected chi connectivity index (χ1v) is 8.45. The molecule has 4 heteroatoms. The average Bonchev–Trinajstić information content (AvgIpc) is 2.73. The zero-order valence-electron chi connectivity index (χ0n) is 13.0. The van der Waals surface area contributed by atoms with Crippen LogP contribution in [-0.2, 0) is 13.1 Å². The quantitative estimate of drug-likeness (QED) is 0.753. The van der Waals surface area contributed by atoms with Crippen LogP contribution in [-0.4, -0.2) is 36.5 Å². The predicted octanol–water partition coefficient (Wildman–Crippen LogP) is 3.27. The number of hydrogen-bond acceptors (Lipinski definition) is 4. The van der Waals surface area contributed by atoms with E-state index in [0.29, 0.717) is 6.04 Å². The smallest absolute Gasteiger partial charge is 0.118 e. The fourth-order valence-corrected chi connectivity index (χ4v) is 2.59. The number of hydrogen-bond donors (Lipinski definition) is 1. The largest absolute Gasteiger partial charge is 0.465 e. The molecule has 1 rings (SSSR count). The standard InChI is InChI=1S/C15H28N2OS/c1-6-16-10-14-9-15(18-13(14)3)11-17(4)12(2)7-8-19-5/h9,12,16H,6-8,10-11H2,1-5H3. The Morgan fingerprint density at radius 3 is 2.84 bits per heavy atom. The molecule has 1 N–H and O–H groups in total. The summed E-state index contributed by atoms with van der Waals surface area (Å²) in [6, 6.07) is 2.78. The number of thioether (sulfide) groups is 1. The SMILES string of the molecule is CCNCc1cc(CN(C)C(C)CCSC)oc1C. The molecule has 0 aliphatic heterocycles. The number of rotatable bonds is 9. The van der Waals surface area contributed by atoms with Gasteiger partial charge in [0.1, 0.15) is 11.5 Å². The van der Waals surface area contributed by atoms with Gasteiger partial charge in [-0.3, -0.25) is 4.90 Å². The highest BCUT2D eigenvalue weighted by atomic mass is 32.2. The van der Waals surface area contributed by atoms with E-state index in [1.54, 1.807) is 0 Å². The van der Waals surface area contributed by atoms with Crippen LogP contribution >= 0.6 is 11.8 Å².